The summed E-state index contributed by atoms with van der Waals surface area (Å²) in [6.07, 6.45) is 4.63. The Morgan fingerprint density at radius 3 is 2.36 bits per heavy atom. The van der Waals surface area contributed by atoms with Crippen LogP contribution in [0.2, 0.25) is 0 Å². The smallest absolute Gasteiger partial charge is 0.248 e. The zero-order chi connectivity index (χ0) is 30.8. The Kier molecular flexibility index (Phi) is 9.83. The van der Waals surface area contributed by atoms with Gasteiger partial charge in [0.05, 0.1) is 37.2 Å². The molecule has 1 aromatic carbocycles. The van der Waals surface area contributed by atoms with Crippen LogP contribution >= 0.6 is 0 Å². The SMILES string of the molecule is C=CCN(C(=O)[C@@H]1[C@H]2C(=O)N([C@@H](CO)[C@@H](C)CC)C(C(=O)N(CC=C)C(C)C)C23CC[C@H]1O3)c1ccc(OCC)cc1. The molecule has 0 aliphatic carbocycles. The van der Waals surface area contributed by atoms with Gasteiger partial charge in [-0.2, -0.15) is 0 Å². The number of anilines is 1. The molecule has 3 amide bonds. The van der Waals surface area contributed by atoms with Crippen molar-refractivity contribution in [2.45, 2.75) is 83.7 Å². The molecule has 0 saturated carbocycles. The Balaban J connectivity index is 1.79. The molecule has 3 saturated heterocycles. The second kappa shape index (κ2) is 13.0. The molecule has 1 N–H and O–H groups in total. The minimum Gasteiger partial charge on any atom is -0.494 e. The molecule has 4 rings (SSSR count). The van der Waals surface area contributed by atoms with Gasteiger partial charge in [-0.1, -0.05) is 32.4 Å². The Morgan fingerprint density at radius 2 is 1.81 bits per heavy atom. The summed E-state index contributed by atoms with van der Waals surface area (Å²) in [6, 6.07) is 5.62. The highest BCUT2D eigenvalue weighted by molar-refractivity contribution is 6.03. The number of fused-ring (bicyclic) bond motifs is 1. The Labute approximate surface area is 250 Å². The summed E-state index contributed by atoms with van der Waals surface area (Å²) in [4.78, 5) is 48.3. The molecule has 1 spiro atoms. The van der Waals surface area contributed by atoms with Crippen LogP contribution in [0.15, 0.2) is 49.6 Å². The fourth-order valence-electron chi connectivity index (χ4n) is 7.20. The lowest BCUT2D eigenvalue weighted by atomic mass is 9.70. The zero-order valence-electron chi connectivity index (χ0n) is 25.7. The first-order valence-electron chi connectivity index (χ1n) is 15.3. The molecule has 3 aliphatic rings. The van der Waals surface area contributed by atoms with E-state index < -0.39 is 35.6 Å². The maximum Gasteiger partial charge on any atom is 0.248 e. The topological polar surface area (TPSA) is 99.6 Å². The van der Waals surface area contributed by atoms with E-state index in [4.69, 9.17) is 9.47 Å². The van der Waals surface area contributed by atoms with Gasteiger partial charge in [0, 0.05) is 24.8 Å². The van der Waals surface area contributed by atoms with E-state index in [0.717, 1.165) is 0 Å². The highest BCUT2D eigenvalue weighted by Crippen LogP contribution is 2.59. The van der Waals surface area contributed by atoms with Crippen molar-refractivity contribution < 1.29 is 29.0 Å². The van der Waals surface area contributed by atoms with Gasteiger partial charge in [-0.05, 0) is 63.8 Å². The van der Waals surface area contributed by atoms with E-state index in [9.17, 15) is 19.5 Å². The van der Waals surface area contributed by atoms with Crippen LogP contribution in [0.25, 0.3) is 0 Å². The van der Waals surface area contributed by atoms with Crippen LogP contribution in [0.5, 0.6) is 5.75 Å². The number of hydrogen-bond acceptors (Lipinski definition) is 6. The van der Waals surface area contributed by atoms with Gasteiger partial charge < -0.3 is 29.3 Å². The van der Waals surface area contributed by atoms with E-state index in [0.29, 0.717) is 43.9 Å². The highest BCUT2D eigenvalue weighted by Gasteiger charge is 2.75. The highest BCUT2D eigenvalue weighted by atomic mass is 16.5. The lowest BCUT2D eigenvalue weighted by Crippen LogP contribution is -2.60. The van der Waals surface area contributed by atoms with Crippen LogP contribution in [-0.4, -0.2) is 88.8 Å². The number of aliphatic hydroxyl groups is 1. The number of carbonyl (C=O) groups excluding carboxylic acids is 3. The van der Waals surface area contributed by atoms with Gasteiger partial charge >= 0.3 is 0 Å². The number of carbonyl (C=O) groups is 3. The second-order valence-corrected chi connectivity index (χ2v) is 12.0. The summed E-state index contributed by atoms with van der Waals surface area (Å²) in [6.45, 7) is 18.3. The maximum atomic E-state index is 14.5. The molecular formula is C33H47N3O6. The molecule has 2 bridgehead atoms. The predicted molar refractivity (Wildman–Crippen MR) is 162 cm³/mol. The lowest BCUT2D eigenvalue weighted by molar-refractivity contribution is -0.153. The molecule has 1 aromatic rings. The molecule has 3 fully saturated rings. The Hall–Kier alpha value is -3.17. The number of amides is 3. The normalized spacial score (nSPS) is 27.5. The molecule has 0 aromatic heterocycles. The van der Waals surface area contributed by atoms with Crippen molar-refractivity contribution in [3.05, 3.63) is 49.6 Å². The van der Waals surface area contributed by atoms with Crippen molar-refractivity contribution >= 4 is 23.4 Å². The van der Waals surface area contributed by atoms with Crippen LogP contribution in [0.3, 0.4) is 0 Å². The third kappa shape index (κ3) is 5.26. The third-order valence-corrected chi connectivity index (χ3v) is 9.37. The first-order chi connectivity index (χ1) is 20.1. The van der Waals surface area contributed by atoms with Crippen LogP contribution in [0.1, 0.15) is 53.9 Å². The van der Waals surface area contributed by atoms with Gasteiger partial charge in [-0.3, -0.25) is 14.4 Å². The summed E-state index contributed by atoms with van der Waals surface area (Å²) in [5.41, 5.74) is -0.479. The van der Waals surface area contributed by atoms with Gasteiger partial charge in [0.1, 0.15) is 17.4 Å². The van der Waals surface area contributed by atoms with Gasteiger partial charge in [0.25, 0.3) is 0 Å². The number of nitrogens with zero attached hydrogens (tertiary/aromatic N) is 3. The standard InChI is InChI=1S/C33H47N3O6/c1-8-18-34(21(5)6)32(40)29-33-17-16-26(42-33)27(28(33)31(39)36(29)25(20-37)22(7)10-3)30(38)35(19-9-2)23-12-14-24(15-13-23)41-11-4/h8-9,12-15,21-22,25-29,37H,1-2,10-11,16-20H2,3-7H3/t22-,25-,26+,27-,28-,29?,33?/m0/s1. The minimum absolute atomic E-state index is 0.0659. The maximum absolute atomic E-state index is 14.5. The largest absolute Gasteiger partial charge is 0.494 e. The van der Waals surface area contributed by atoms with E-state index in [1.54, 1.807) is 26.9 Å². The number of hydrogen-bond donors (Lipinski definition) is 1. The average molecular weight is 582 g/mol. The fourth-order valence-corrected chi connectivity index (χ4v) is 7.20. The lowest BCUT2D eigenvalue weighted by Gasteiger charge is -2.41. The number of aliphatic hydroxyl groups excluding tert-OH is 1. The number of benzene rings is 1. The van der Waals surface area contributed by atoms with Crippen LogP contribution in [0, 0.1) is 17.8 Å². The van der Waals surface area contributed by atoms with Gasteiger partial charge in [0.2, 0.25) is 17.7 Å². The molecule has 0 radical (unpaired) electrons. The minimum atomic E-state index is -1.15. The van der Waals surface area contributed by atoms with Crippen LogP contribution in [0.4, 0.5) is 5.69 Å². The van der Waals surface area contributed by atoms with Crippen molar-refractivity contribution in [1.82, 2.24) is 9.80 Å². The van der Waals surface area contributed by atoms with Crippen molar-refractivity contribution in [3.8, 4) is 5.75 Å². The first kappa shape index (κ1) is 31.8. The Bertz CT molecular complexity index is 1170. The fraction of sp³-hybridized carbons (Fsp3) is 0.606. The summed E-state index contributed by atoms with van der Waals surface area (Å²) in [5.74, 6) is -1.71. The molecule has 42 heavy (non-hydrogen) atoms. The third-order valence-electron chi connectivity index (χ3n) is 9.37. The Morgan fingerprint density at radius 1 is 1.14 bits per heavy atom. The summed E-state index contributed by atoms with van der Waals surface area (Å²) < 4.78 is 12.2. The number of ether oxygens (including phenoxy) is 2. The van der Waals surface area contributed by atoms with Crippen molar-refractivity contribution in [3.63, 3.8) is 0 Å². The van der Waals surface area contributed by atoms with E-state index in [2.05, 4.69) is 13.2 Å². The van der Waals surface area contributed by atoms with Crippen molar-refractivity contribution in [2.75, 3.05) is 31.2 Å². The molecule has 9 heteroatoms. The van der Waals surface area contributed by atoms with Gasteiger partial charge in [0.15, 0.2) is 0 Å². The van der Waals surface area contributed by atoms with Crippen LogP contribution in [-0.2, 0) is 19.1 Å². The predicted octanol–water partition coefficient (Wildman–Crippen LogP) is 3.81. The molecule has 3 heterocycles. The average Bonchev–Trinajstić information content (AvgIpc) is 3.62. The molecule has 2 unspecified atom stereocenters. The molecule has 3 aliphatic heterocycles. The summed E-state index contributed by atoms with van der Waals surface area (Å²) in [7, 11) is 0. The molecule has 9 nitrogen and oxygen atoms in total. The van der Waals surface area contributed by atoms with Crippen molar-refractivity contribution in [1.29, 1.82) is 0 Å². The monoisotopic (exact) mass is 581 g/mol. The second-order valence-electron chi connectivity index (χ2n) is 12.0. The van der Waals surface area contributed by atoms with Gasteiger partial charge in [-0.25, -0.2) is 0 Å². The van der Waals surface area contributed by atoms with Gasteiger partial charge in [-0.15, -0.1) is 13.2 Å². The van der Waals surface area contributed by atoms with Crippen molar-refractivity contribution in [2.24, 2.45) is 17.8 Å². The zero-order valence-corrected chi connectivity index (χ0v) is 25.7. The van der Waals surface area contributed by atoms with E-state index >= 15 is 0 Å². The number of rotatable bonds is 14. The number of likely N-dealkylation sites (tertiary alicyclic amines) is 1. The molecule has 230 valence electrons. The van der Waals surface area contributed by atoms with Crippen LogP contribution < -0.4 is 9.64 Å². The quantitative estimate of drug-likeness (QED) is 0.336. The molecule has 7 atom stereocenters. The molecular weight excluding hydrogens is 534 g/mol. The first-order valence-corrected chi connectivity index (χ1v) is 15.3. The van der Waals surface area contributed by atoms with E-state index in [-0.39, 0.29) is 42.8 Å². The van der Waals surface area contributed by atoms with E-state index in [1.807, 2.05) is 58.9 Å². The summed E-state index contributed by atoms with van der Waals surface area (Å²) in [5, 5.41) is 10.6. The summed E-state index contributed by atoms with van der Waals surface area (Å²) >= 11 is 0. The van der Waals surface area contributed by atoms with E-state index in [1.165, 1.54) is 0 Å².